The highest BCUT2D eigenvalue weighted by atomic mass is 32.1. The molecule has 0 aliphatic heterocycles. The fourth-order valence-corrected chi connectivity index (χ4v) is 2.08. The number of aromatic amines is 1. The quantitative estimate of drug-likeness (QED) is 0.781. The molecule has 1 amide bonds. The lowest BCUT2D eigenvalue weighted by Gasteiger charge is -2.02. The van der Waals surface area contributed by atoms with Crippen LogP contribution in [0, 0.1) is 6.92 Å². The Morgan fingerprint density at radius 1 is 1.47 bits per heavy atom. The average molecular weight is 250 g/mol. The van der Waals surface area contributed by atoms with Crippen molar-refractivity contribution >= 4 is 28.9 Å². The van der Waals surface area contributed by atoms with Crippen LogP contribution in [0.25, 0.3) is 0 Å². The maximum atomic E-state index is 11.7. The molecule has 17 heavy (non-hydrogen) atoms. The topological polar surface area (TPSA) is 82.2 Å². The van der Waals surface area contributed by atoms with Gasteiger partial charge in [-0.1, -0.05) is 0 Å². The summed E-state index contributed by atoms with van der Waals surface area (Å²) < 4.78 is 0. The van der Waals surface area contributed by atoms with E-state index in [9.17, 15) is 9.59 Å². The fraction of sp³-hybridized carbons (Fsp3) is 0.0909. The number of thiophene rings is 1. The molecule has 0 bridgehead atoms. The molecule has 2 rings (SSSR count). The molecule has 0 aromatic carbocycles. The van der Waals surface area contributed by atoms with Crippen LogP contribution >= 0.6 is 11.3 Å². The van der Waals surface area contributed by atoms with Gasteiger partial charge in [0.2, 0.25) is 0 Å². The van der Waals surface area contributed by atoms with Crippen LogP contribution in [0.4, 0.5) is 5.69 Å². The van der Waals surface area contributed by atoms with Crippen LogP contribution in [0.2, 0.25) is 0 Å². The van der Waals surface area contributed by atoms with Gasteiger partial charge in [-0.25, -0.2) is 4.79 Å². The highest BCUT2D eigenvalue weighted by Gasteiger charge is 2.16. The summed E-state index contributed by atoms with van der Waals surface area (Å²) in [6, 6.07) is 3.27. The first-order chi connectivity index (χ1) is 8.08. The molecule has 5 nitrogen and oxygen atoms in total. The Labute approximate surface area is 101 Å². The Morgan fingerprint density at radius 2 is 2.24 bits per heavy atom. The summed E-state index contributed by atoms with van der Waals surface area (Å²) in [5, 5.41) is 15.0. The number of hydrogen-bond acceptors (Lipinski definition) is 3. The van der Waals surface area contributed by atoms with E-state index in [0.29, 0.717) is 11.3 Å². The molecule has 0 saturated carbocycles. The van der Waals surface area contributed by atoms with Crippen LogP contribution < -0.4 is 5.32 Å². The average Bonchev–Trinajstić information content (AvgIpc) is 2.86. The summed E-state index contributed by atoms with van der Waals surface area (Å²) >= 11 is 1.41. The van der Waals surface area contributed by atoms with Crippen LogP contribution in [0.15, 0.2) is 22.9 Å². The molecule has 0 saturated heterocycles. The molecule has 6 heteroatoms. The molecule has 0 aliphatic rings. The van der Waals surface area contributed by atoms with E-state index in [-0.39, 0.29) is 17.3 Å². The van der Waals surface area contributed by atoms with Crippen molar-refractivity contribution in [3.05, 3.63) is 39.8 Å². The summed E-state index contributed by atoms with van der Waals surface area (Å²) in [5.41, 5.74) is 1.48. The van der Waals surface area contributed by atoms with E-state index in [2.05, 4.69) is 10.3 Å². The van der Waals surface area contributed by atoms with Crippen molar-refractivity contribution in [2.45, 2.75) is 6.92 Å². The molecule has 0 radical (unpaired) electrons. The molecule has 3 N–H and O–H groups in total. The Bertz CT molecular complexity index is 557. The Morgan fingerprint density at radius 3 is 2.82 bits per heavy atom. The number of hydrogen-bond donors (Lipinski definition) is 3. The minimum Gasteiger partial charge on any atom is -0.477 e. The van der Waals surface area contributed by atoms with Gasteiger partial charge in [0, 0.05) is 11.1 Å². The number of rotatable bonds is 3. The molecule has 2 aromatic heterocycles. The molecule has 0 aliphatic carbocycles. The summed E-state index contributed by atoms with van der Waals surface area (Å²) in [6.07, 6.45) is 0. The number of anilines is 1. The van der Waals surface area contributed by atoms with E-state index in [1.54, 1.807) is 29.8 Å². The van der Waals surface area contributed by atoms with Gasteiger partial charge < -0.3 is 15.4 Å². The lowest BCUT2D eigenvalue weighted by Crippen LogP contribution is -2.13. The predicted molar refractivity (Wildman–Crippen MR) is 64.8 cm³/mol. The third-order valence-corrected chi connectivity index (χ3v) is 2.88. The van der Waals surface area contributed by atoms with Crippen molar-refractivity contribution in [3.63, 3.8) is 0 Å². The number of carbonyl (C=O) groups is 2. The Hall–Kier alpha value is -2.08. The van der Waals surface area contributed by atoms with Crippen molar-refractivity contribution in [1.29, 1.82) is 0 Å². The van der Waals surface area contributed by atoms with E-state index in [1.165, 1.54) is 11.3 Å². The lowest BCUT2D eigenvalue weighted by atomic mass is 10.3. The van der Waals surface area contributed by atoms with Crippen LogP contribution in [0.5, 0.6) is 0 Å². The number of carboxylic acid groups (broad SMARTS) is 1. The van der Waals surface area contributed by atoms with E-state index in [4.69, 9.17) is 5.11 Å². The number of aromatic carboxylic acids is 1. The zero-order valence-electron chi connectivity index (χ0n) is 8.98. The van der Waals surface area contributed by atoms with Crippen LogP contribution in [-0.2, 0) is 0 Å². The maximum absolute atomic E-state index is 11.7. The molecule has 0 unspecified atom stereocenters. The van der Waals surface area contributed by atoms with Crippen molar-refractivity contribution in [2.24, 2.45) is 0 Å². The second-order valence-corrected chi connectivity index (χ2v) is 4.29. The molecule has 2 heterocycles. The first-order valence-electron chi connectivity index (χ1n) is 4.84. The van der Waals surface area contributed by atoms with Crippen molar-refractivity contribution in [1.82, 2.24) is 4.98 Å². The molecular formula is C11H10N2O3S. The number of nitrogens with one attached hydrogen (secondary N) is 2. The van der Waals surface area contributed by atoms with Gasteiger partial charge in [-0.15, -0.1) is 0 Å². The highest BCUT2D eigenvalue weighted by Crippen LogP contribution is 2.18. The minimum absolute atomic E-state index is 0.00826. The summed E-state index contributed by atoms with van der Waals surface area (Å²) in [7, 11) is 0. The normalized spacial score (nSPS) is 10.2. The monoisotopic (exact) mass is 250 g/mol. The Kier molecular flexibility index (Phi) is 2.97. The lowest BCUT2D eigenvalue weighted by molar-refractivity contribution is 0.0692. The fourth-order valence-electron chi connectivity index (χ4n) is 1.44. The van der Waals surface area contributed by atoms with Crippen LogP contribution in [-0.4, -0.2) is 22.0 Å². The molecule has 0 fully saturated rings. The van der Waals surface area contributed by atoms with Crippen molar-refractivity contribution in [3.8, 4) is 0 Å². The van der Waals surface area contributed by atoms with Gasteiger partial charge in [-0.3, -0.25) is 4.79 Å². The summed E-state index contributed by atoms with van der Waals surface area (Å²) in [4.78, 5) is 25.4. The van der Waals surface area contributed by atoms with Crippen LogP contribution in [0.3, 0.4) is 0 Å². The highest BCUT2D eigenvalue weighted by molar-refractivity contribution is 7.08. The van der Waals surface area contributed by atoms with Crippen molar-refractivity contribution < 1.29 is 14.7 Å². The first-order valence-corrected chi connectivity index (χ1v) is 5.78. The Balaban J connectivity index is 2.24. The number of carboxylic acids is 1. The van der Waals surface area contributed by atoms with E-state index in [1.807, 2.05) is 0 Å². The third kappa shape index (κ3) is 2.36. The van der Waals surface area contributed by atoms with Gasteiger partial charge >= 0.3 is 5.97 Å². The number of aromatic nitrogens is 1. The number of aryl methyl sites for hydroxylation is 1. The largest absolute Gasteiger partial charge is 0.477 e. The van der Waals surface area contributed by atoms with Gasteiger partial charge in [0.15, 0.2) is 0 Å². The van der Waals surface area contributed by atoms with Gasteiger partial charge in [0.25, 0.3) is 5.91 Å². The van der Waals surface area contributed by atoms with Gasteiger partial charge in [-0.05, 0) is 24.4 Å². The standard InChI is InChI=1S/C11H10N2O3S/c1-6-4-8(9(12-6)11(15)16)13-10(14)7-2-3-17-5-7/h2-5,12H,1H3,(H,13,14)(H,15,16). The number of H-pyrrole nitrogens is 1. The molecule has 88 valence electrons. The van der Waals surface area contributed by atoms with Gasteiger partial charge in [0.1, 0.15) is 5.69 Å². The molecular weight excluding hydrogens is 240 g/mol. The predicted octanol–water partition coefficient (Wildman–Crippen LogP) is 2.34. The van der Waals surface area contributed by atoms with E-state index >= 15 is 0 Å². The number of amides is 1. The minimum atomic E-state index is -1.10. The van der Waals surface area contributed by atoms with Crippen LogP contribution in [0.1, 0.15) is 26.5 Å². The second-order valence-electron chi connectivity index (χ2n) is 3.51. The zero-order chi connectivity index (χ0) is 12.4. The molecule has 0 spiro atoms. The molecule has 2 aromatic rings. The SMILES string of the molecule is Cc1cc(NC(=O)c2ccsc2)c(C(=O)O)[nH]1. The van der Waals surface area contributed by atoms with E-state index < -0.39 is 5.97 Å². The molecule has 0 atom stereocenters. The first kappa shape index (κ1) is 11.4. The van der Waals surface area contributed by atoms with Gasteiger partial charge in [-0.2, -0.15) is 11.3 Å². The number of carbonyl (C=O) groups excluding carboxylic acids is 1. The summed E-state index contributed by atoms with van der Waals surface area (Å²) in [6.45, 7) is 1.73. The smallest absolute Gasteiger partial charge is 0.354 e. The van der Waals surface area contributed by atoms with E-state index in [0.717, 1.165) is 0 Å². The maximum Gasteiger partial charge on any atom is 0.354 e. The van der Waals surface area contributed by atoms with Crippen molar-refractivity contribution in [2.75, 3.05) is 5.32 Å². The third-order valence-electron chi connectivity index (χ3n) is 2.20. The second kappa shape index (κ2) is 4.42. The van der Waals surface area contributed by atoms with Gasteiger partial charge in [0.05, 0.1) is 11.3 Å². The zero-order valence-corrected chi connectivity index (χ0v) is 9.80. The summed E-state index contributed by atoms with van der Waals surface area (Å²) in [5.74, 6) is -1.41.